The molecule has 3 amide bonds. The van der Waals surface area contributed by atoms with Crippen LogP contribution in [0, 0.1) is 0 Å². The van der Waals surface area contributed by atoms with Gasteiger partial charge in [-0.3, -0.25) is 14.4 Å². The van der Waals surface area contributed by atoms with Crippen LogP contribution in [0.4, 0.5) is 0 Å². The number of fused-ring (bicyclic) bond motifs is 1. The monoisotopic (exact) mass is 572 g/mol. The number of likely N-dealkylation sites (N-methyl/N-ethyl adjacent to an activating group) is 2. The largest absolute Gasteiger partial charge is 0.392 e. The van der Waals surface area contributed by atoms with Crippen molar-refractivity contribution in [3.8, 4) is 0 Å². The van der Waals surface area contributed by atoms with E-state index in [-0.39, 0.29) is 37.1 Å². The third-order valence-electron chi connectivity index (χ3n) is 7.21. The predicted molar refractivity (Wildman–Crippen MR) is 168 cm³/mol. The van der Waals surface area contributed by atoms with Crippen molar-refractivity contribution in [3.05, 3.63) is 96.1 Å². The maximum Gasteiger partial charge on any atom is 0.246 e. The van der Waals surface area contributed by atoms with E-state index in [0.29, 0.717) is 6.42 Å². The van der Waals surface area contributed by atoms with Gasteiger partial charge in [-0.25, -0.2) is 0 Å². The van der Waals surface area contributed by atoms with Crippen molar-refractivity contribution in [1.29, 1.82) is 0 Å². The first-order chi connectivity index (χ1) is 19.9. The molecule has 0 aliphatic carbocycles. The minimum atomic E-state index is -0.873. The zero-order valence-electron chi connectivity index (χ0n) is 25.3. The Labute approximate surface area is 249 Å². The maximum absolute atomic E-state index is 14.2. The van der Waals surface area contributed by atoms with E-state index in [9.17, 15) is 19.5 Å². The van der Waals surface area contributed by atoms with E-state index in [1.165, 1.54) is 15.9 Å². The van der Waals surface area contributed by atoms with Crippen molar-refractivity contribution < 1.29 is 19.5 Å². The molecule has 0 aliphatic rings. The van der Waals surface area contributed by atoms with Crippen LogP contribution in [0.15, 0.2) is 84.9 Å². The standard InChI is InChI=1S/C34H44N4O4/c1-24(39)23-36-32(41)29(21-25-12-7-6-8-13-25)38(5)33(42)30(37(4)31(40)16-11-19-34(2,3)35)22-26-17-18-27-14-9-10-15-28(27)20-26/h6-18,20,24,29-30,39H,19,21-23,35H2,1-5H3,(H,36,41)/b16-11+/t24-,29+,30+/m0/s1. The van der Waals surface area contributed by atoms with Crippen LogP contribution in [0.2, 0.25) is 0 Å². The van der Waals surface area contributed by atoms with Crippen LogP contribution in [0.5, 0.6) is 0 Å². The summed E-state index contributed by atoms with van der Waals surface area (Å²) in [6.07, 6.45) is 3.48. The van der Waals surface area contributed by atoms with Crippen molar-refractivity contribution >= 4 is 28.5 Å². The summed E-state index contributed by atoms with van der Waals surface area (Å²) in [6, 6.07) is 21.7. The molecule has 3 atom stereocenters. The van der Waals surface area contributed by atoms with Crippen molar-refractivity contribution in [2.24, 2.45) is 5.73 Å². The number of carbonyl (C=O) groups excluding carboxylic acids is 3. The van der Waals surface area contributed by atoms with Crippen LogP contribution in [-0.2, 0) is 27.2 Å². The van der Waals surface area contributed by atoms with Gasteiger partial charge in [0, 0.05) is 39.0 Å². The first kappa shape index (κ1) is 32.5. The molecule has 0 unspecified atom stereocenters. The fourth-order valence-corrected chi connectivity index (χ4v) is 4.71. The lowest BCUT2D eigenvalue weighted by Gasteiger charge is -2.34. The number of carbonyl (C=O) groups is 3. The van der Waals surface area contributed by atoms with E-state index in [1.54, 1.807) is 27.1 Å². The molecule has 8 heteroatoms. The number of amides is 3. The van der Waals surface area contributed by atoms with E-state index in [1.807, 2.05) is 86.6 Å². The molecule has 42 heavy (non-hydrogen) atoms. The predicted octanol–water partition coefficient (Wildman–Crippen LogP) is 3.46. The second-order valence-electron chi connectivity index (χ2n) is 11.7. The van der Waals surface area contributed by atoms with Crippen molar-refractivity contribution in [3.63, 3.8) is 0 Å². The van der Waals surface area contributed by atoms with E-state index >= 15 is 0 Å². The van der Waals surface area contributed by atoms with Gasteiger partial charge >= 0.3 is 0 Å². The molecule has 0 saturated carbocycles. The first-order valence-electron chi connectivity index (χ1n) is 14.3. The molecule has 3 aromatic rings. The Morgan fingerprint density at radius 1 is 0.881 bits per heavy atom. The lowest BCUT2D eigenvalue weighted by Crippen LogP contribution is -2.56. The smallest absolute Gasteiger partial charge is 0.246 e. The zero-order chi connectivity index (χ0) is 30.9. The Hall–Kier alpha value is -4.01. The van der Waals surface area contributed by atoms with Gasteiger partial charge < -0.3 is 26.0 Å². The molecular weight excluding hydrogens is 528 g/mol. The Balaban J connectivity index is 1.95. The molecule has 0 aromatic heterocycles. The van der Waals surface area contributed by atoms with Crippen molar-refractivity contribution in [2.45, 2.75) is 63.8 Å². The number of rotatable bonds is 13. The number of benzene rings is 3. The highest BCUT2D eigenvalue weighted by Crippen LogP contribution is 2.20. The summed E-state index contributed by atoms with van der Waals surface area (Å²) < 4.78 is 0. The third kappa shape index (κ3) is 9.53. The van der Waals surface area contributed by atoms with Crippen LogP contribution in [0.25, 0.3) is 10.8 Å². The van der Waals surface area contributed by atoms with Gasteiger partial charge in [0.05, 0.1) is 6.10 Å². The minimum Gasteiger partial charge on any atom is -0.392 e. The van der Waals surface area contributed by atoms with Crippen LogP contribution in [0.3, 0.4) is 0 Å². The summed E-state index contributed by atoms with van der Waals surface area (Å²) in [4.78, 5) is 43.7. The first-order valence-corrected chi connectivity index (χ1v) is 14.3. The molecule has 0 aliphatic heterocycles. The maximum atomic E-state index is 14.2. The molecule has 3 aromatic carbocycles. The molecule has 0 saturated heterocycles. The minimum absolute atomic E-state index is 0.0628. The van der Waals surface area contributed by atoms with Crippen LogP contribution < -0.4 is 11.1 Å². The fraction of sp³-hybridized carbons (Fsp3) is 0.382. The van der Waals surface area contributed by atoms with Gasteiger partial charge in [0.2, 0.25) is 17.7 Å². The Morgan fingerprint density at radius 2 is 1.50 bits per heavy atom. The summed E-state index contributed by atoms with van der Waals surface area (Å²) in [5.74, 6) is -1.07. The molecule has 3 rings (SSSR count). The number of aliphatic hydroxyl groups is 1. The summed E-state index contributed by atoms with van der Waals surface area (Å²) in [6.45, 7) is 5.40. The average Bonchev–Trinajstić information content (AvgIpc) is 2.96. The molecule has 0 fully saturated rings. The second kappa shape index (κ2) is 14.8. The van der Waals surface area contributed by atoms with Gasteiger partial charge in [-0.05, 0) is 55.2 Å². The molecule has 8 nitrogen and oxygen atoms in total. The highest BCUT2D eigenvalue weighted by atomic mass is 16.3. The molecule has 0 bridgehead atoms. The molecule has 0 spiro atoms. The van der Waals surface area contributed by atoms with Crippen LogP contribution in [-0.4, -0.2) is 77.0 Å². The highest BCUT2D eigenvalue weighted by Gasteiger charge is 2.35. The number of aliphatic hydroxyl groups excluding tert-OH is 1. The fourth-order valence-electron chi connectivity index (χ4n) is 4.71. The molecule has 4 N–H and O–H groups in total. The Bertz CT molecular complexity index is 1380. The number of nitrogens with zero attached hydrogens (tertiary/aromatic N) is 2. The number of hydrogen-bond acceptors (Lipinski definition) is 5. The highest BCUT2D eigenvalue weighted by molar-refractivity contribution is 5.95. The average molecular weight is 573 g/mol. The SMILES string of the molecule is C[C@H](O)CNC(=O)[C@@H](Cc1ccccc1)N(C)C(=O)[C@@H](Cc1ccc2ccccc2c1)N(C)C(=O)/C=C/CC(C)(C)N. The summed E-state index contributed by atoms with van der Waals surface area (Å²) in [7, 11) is 3.20. The lowest BCUT2D eigenvalue weighted by molar-refractivity contribution is -0.146. The van der Waals surface area contributed by atoms with Crippen LogP contribution in [0.1, 0.15) is 38.3 Å². The number of nitrogens with one attached hydrogen (secondary N) is 1. The van der Waals surface area contributed by atoms with Gasteiger partial charge in [-0.15, -0.1) is 0 Å². The summed E-state index contributed by atoms with van der Waals surface area (Å²) in [5, 5.41) is 14.6. The van der Waals surface area contributed by atoms with E-state index in [2.05, 4.69) is 5.32 Å². The van der Waals surface area contributed by atoms with Crippen LogP contribution >= 0.6 is 0 Å². The summed E-state index contributed by atoms with van der Waals surface area (Å²) >= 11 is 0. The molecule has 0 radical (unpaired) electrons. The molecule has 224 valence electrons. The normalized spacial score (nSPS) is 13.9. The summed E-state index contributed by atoms with van der Waals surface area (Å²) in [5.41, 5.74) is 7.38. The third-order valence-corrected chi connectivity index (χ3v) is 7.21. The van der Waals surface area contributed by atoms with E-state index < -0.39 is 23.7 Å². The van der Waals surface area contributed by atoms with Gasteiger partial charge in [0.1, 0.15) is 12.1 Å². The molecule has 0 heterocycles. The molecular formula is C34H44N4O4. The quantitative estimate of drug-likeness (QED) is 0.271. The van der Waals surface area contributed by atoms with E-state index in [0.717, 1.165) is 21.9 Å². The zero-order valence-corrected chi connectivity index (χ0v) is 25.3. The van der Waals surface area contributed by atoms with Crippen molar-refractivity contribution in [1.82, 2.24) is 15.1 Å². The van der Waals surface area contributed by atoms with Gasteiger partial charge in [0.15, 0.2) is 0 Å². The van der Waals surface area contributed by atoms with Gasteiger partial charge in [0.25, 0.3) is 0 Å². The van der Waals surface area contributed by atoms with Gasteiger partial charge in [-0.2, -0.15) is 0 Å². The van der Waals surface area contributed by atoms with E-state index in [4.69, 9.17) is 5.73 Å². The topological polar surface area (TPSA) is 116 Å². The Morgan fingerprint density at radius 3 is 2.14 bits per heavy atom. The second-order valence-corrected chi connectivity index (χ2v) is 11.7. The Kier molecular flexibility index (Phi) is 11.4. The van der Waals surface area contributed by atoms with Gasteiger partial charge in [-0.1, -0.05) is 78.9 Å². The number of hydrogen-bond donors (Lipinski definition) is 3. The van der Waals surface area contributed by atoms with Crippen molar-refractivity contribution in [2.75, 3.05) is 20.6 Å². The lowest BCUT2D eigenvalue weighted by atomic mass is 9.98. The number of nitrogens with two attached hydrogens (primary N) is 1.